The van der Waals surface area contributed by atoms with Gasteiger partial charge in [0.2, 0.25) is 17.7 Å². The SMILES string of the molecule is CCc1ccc(N2C[C@H](C(=O)Oc3cccc(N4C(=O)[C@@H]5[C@H](C4=O)[C@H]4C=C[C@H]5C4)c3)CC2=O)cc1. The first-order valence-electron chi connectivity index (χ1n) is 12.2. The molecule has 178 valence electrons. The van der Waals surface area contributed by atoms with E-state index >= 15 is 0 Å². The minimum absolute atomic E-state index is 0.0796. The van der Waals surface area contributed by atoms with Gasteiger partial charge in [-0.05, 0) is 54.5 Å². The molecule has 0 aromatic heterocycles. The van der Waals surface area contributed by atoms with Gasteiger partial charge in [0.05, 0.1) is 23.4 Å². The van der Waals surface area contributed by atoms with E-state index in [1.807, 2.05) is 24.3 Å². The molecule has 2 heterocycles. The predicted octanol–water partition coefficient (Wildman–Crippen LogP) is 3.52. The Morgan fingerprint density at radius 3 is 2.29 bits per heavy atom. The van der Waals surface area contributed by atoms with Crippen LogP contribution in [-0.2, 0) is 25.6 Å². The first-order valence-corrected chi connectivity index (χ1v) is 12.2. The highest BCUT2D eigenvalue weighted by Crippen LogP contribution is 2.53. The van der Waals surface area contributed by atoms with E-state index in [1.165, 1.54) is 10.5 Å². The van der Waals surface area contributed by atoms with Crippen LogP contribution < -0.4 is 14.5 Å². The van der Waals surface area contributed by atoms with Crippen molar-refractivity contribution in [2.45, 2.75) is 26.2 Å². The summed E-state index contributed by atoms with van der Waals surface area (Å²) in [5.41, 5.74) is 2.36. The zero-order chi connectivity index (χ0) is 24.3. The number of hydrogen-bond donors (Lipinski definition) is 0. The molecular weight excluding hydrogens is 444 g/mol. The van der Waals surface area contributed by atoms with Gasteiger partial charge in [-0.1, -0.05) is 37.3 Å². The number of hydrogen-bond acceptors (Lipinski definition) is 5. The molecule has 0 radical (unpaired) electrons. The van der Waals surface area contributed by atoms with Gasteiger partial charge in [-0.15, -0.1) is 0 Å². The van der Waals surface area contributed by atoms with Crippen LogP contribution in [-0.4, -0.2) is 30.2 Å². The summed E-state index contributed by atoms with van der Waals surface area (Å²) in [6.45, 7) is 2.32. The van der Waals surface area contributed by atoms with E-state index in [2.05, 4.69) is 19.1 Å². The van der Waals surface area contributed by atoms with Gasteiger partial charge in [0.1, 0.15) is 5.75 Å². The highest BCUT2D eigenvalue weighted by molar-refractivity contribution is 6.22. The van der Waals surface area contributed by atoms with E-state index in [9.17, 15) is 19.2 Å². The third-order valence-electron chi connectivity index (χ3n) is 7.88. The Morgan fingerprint density at radius 2 is 1.63 bits per heavy atom. The normalized spacial score (nSPS) is 28.8. The van der Waals surface area contributed by atoms with E-state index in [-0.39, 0.29) is 60.1 Å². The molecule has 7 nitrogen and oxygen atoms in total. The van der Waals surface area contributed by atoms with Crippen LogP contribution >= 0.6 is 0 Å². The molecule has 3 fully saturated rings. The minimum atomic E-state index is -0.590. The third-order valence-corrected chi connectivity index (χ3v) is 7.88. The summed E-state index contributed by atoms with van der Waals surface area (Å²) in [5.74, 6) is -1.61. The summed E-state index contributed by atoms with van der Waals surface area (Å²) in [4.78, 5) is 54.5. The van der Waals surface area contributed by atoms with Gasteiger partial charge in [0.25, 0.3) is 0 Å². The van der Waals surface area contributed by atoms with Crippen molar-refractivity contribution in [3.8, 4) is 5.75 Å². The van der Waals surface area contributed by atoms with Gasteiger partial charge in [0, 0.05) is 24.7 Å². The Kier molecular flexibility index (Phi) is 5.09. The number of rotatable bonds is 5. The summed E-state index contributed by atoms with van der Waals surface area (Å²) in [6.07, 6.45) is 5.98. The van der Waals surface area contributed by atoms with Crippen LogP contribution in [0.1, 0.15) is 25.3 Å². The van der Waals surface area contributed by atoms with Crippen molar-refractivity contribution in [1.82, 2.24) is 0 Å². The molecule has 1 saturated carbocycles. The monoisotopic (exact) mass is 470 g/mol. The Bertz CT molecular complexity index is 1240. The molecule has 0 spiro atoms. The first-order chi connectivity index (χ1) is 16.9. The average molecular weight is 471 g/mol. The van der Waals surface area contributed by atoms with Crippen LogP contribution in [0.3, 0.4) is 0 Å². The Balaban J connectivity index is 1.15. The molecule has 3 amide bonds. The molecule has 35 heavy (non-hydrogen) atoms. The van der Waals surface area contributed by atoms with Crippen LogP contribution in [0, 0.1) is 29.6 Å². The van der Waals surface area contributed by atoms with Crippen molar-refractivity contribution in [3.63, 3.8) is 0 Å². The lowest BCUT2D eigenvalue weighted by atomic mass is 9.85. The van der Waals surface area contributed by atoms with E-state index in [4.69, 9.17) is 4.74 Å². The zero-order valence-corrected chi connectivity index (χ0v) is 19.4. The average Bonchev–Trinajstić information content (AvgIpc) is 3.63. The van der Waals surface area contributed by atoms with Crippen LogP contribution in [0.15, 0.2) is 60.7 Å². The fraction of sp³-hybridized carbons (Fsp3) is 0.357. The van der Waals surface area contributed by atoms with Crippen molar-refractivity contribution < 1.29 is 23.9 Å². The second-order valence-corrected chi connectivity index (χ2v) is 9.86. The van der Waals surface area contributed by atoms with Crippen LogP contribution in [0.2, 0.25) is 0 Å². The van der Waals surface area contributed by atoms with Gasteiger partial charge in [-0.3, -0.25) is 19.2 Å². The molecule has 4 aliphatic rings. The van der Waals surface area contributed by atoms with Gasteiger partial charge >= 0.3 is 5.97 Å². The Morgan fingerprint density at radius 1 is 0.943 bits per heavy atom. The number of ether oxygens (including phenoxy) is 1. The molecule has 2 saturated heterocycles. The number of carbonyl (C=O) groups is 4. The highest BCUT2D eigenvalue weighted by Gasteiger charge is 2.59. The predicted molar refractivity (Wildman–Crippen MR) is 129 cm³/mol. The molecule has 2 aromatic carbocycles. The smallest absolute Gasteiger partial charge is 0.316 e. The minimum Gasteiger partial charge on any atom is -0.426 e. The van der Waals surface area contributed by atoms with E-state index in [1.54, 1.807) is 29.2 Å². The second kappa shape index (κ2) is 8.18. The molecule has 6 rings (SSSR count). The van der Waals surface area contributed by atoms with Crippen molar-refractivity contribution in [3.05, 3.63) is 66.2 Å². The molecule has 2 aliphatic carbocycles. The number of aryl methyl sites for hydroxylation is 1. The van der Waals surface area contributed by atoms with Gasteiger partial charge in [-0.25, -0.2) is 4.90 Å². The molecule has 2 bridgehead atoms. The quantitative estimate of drug-likeness (QED) is 0.289. The van der Waals surface area contributed by atoms with Gasteiger partial charge in [-0.2, -0.15) is 0 Å². The largest absolute Gasteiger partial charge is 0.426 e. The maximum atomic E-state index is 13.1. The van der Waals surface area contributed by atoms with Crippen molar-refractivity contribution >= 4 is 35.1 Å². The van der Waals surface area contributed by atoms with E-state index in [0.29, 0.717) is 5.69 Å². The zero-order valence-electron chi connectivity index (χ0n) is 19.4. The summed E-state index contributed by atoms with van der Waals surface area (Å²) in [7, 11) is 0. The number of benzene rings is 2. The number of carbonyl (C=O) groups excluding carboxylic acids is 4. The molecule has 2 aromatic rings. The Labute approximate surface area is 203 Å². The number of fused-ring (bicyclic) bond motifs is 5. The third kappa shape index (κ3) is 3.49. The standard InChI is InChI=1S/C28H26N2O5/c1-2-16-6-10-20(11-7-16)29-15-19(13-23(29)31)28(34)35-22-5-3-4-21(14-22)30-26(32)24-17-8-9-18(12-17)25(24)27(30)33/h3-11,14,17-19,24-25H,2,12-13,15H2,1H3/t17-,18-,19+,24-,25+/m0/s1. The summed E-state index contributed by atoms with van der Waals surface area (Å²) in [6, 6.07) is 14.3. The fourth-order valence-corrected chi connectivity index (χ4v) is 6.07. The van der Waals surface area contributed by atoms with E-state index in [0.717, 1.165) is 18.5 Å². The lowest BCUT2D eigenvalue weighted by Gasteiger charge is -2.18. The molecule has 2 aliphatic heterocycles. The summed E-state index contributed by atoms with van der Waals surface area (Å²) < 4.78 is 5.61. The van der Waals surface area contributed by atoms with Gasteiger partial charge < -0.3 is 9.64 Å². The first kappa shape index (κ1) is 21.8. The van der Waals surface area contributed by atoms with Crippen LogP contribution in [0.4, 0.5) is 11.4 Å². The lowest BCUT2D eigenvalue weighted by molar-refractivity contribution is -0.139. The van der Waals surface area contributed by atoms with Crippen molar-refractivity contribution in [2.24, 2.45) is 29.6 Å². The van der Waals surface area contributed by atoms with Crippen molar-refractivity contribution in [1.29, 1.82) is 0 Å². The summed E-state index contributed by atoms with van der Waals surface area (Å²) >= 11 is 0. The number of anilines is 2. The molecule has 0 unspecified atom stereocenters. The second-order valence-electron chi connectivity index (χ2n) is 9.86. The van der Waals surface area contributed by atoms with Gasteiger partial charge in [0.15, 0.2) is 0 Å². The highest BCUT2D eigenvalue weighted by atomic mass is 16.5. The molecule has 5 atom stereocenters. The molecular formula is C28H26N2O5. The van der Waals surface area contributed by atoms with Crippen molar-refractivity contribution in [2.75, 3.05) is 16.3 Å². The fourth-order valence-electron chi connectivity index (χ4n) is 6.07. The van der Waals surface area contributed by atoms with Crippen LogP contribution in [0.25, 0.3) is 0 Å². The summed E-state index contributed by atoms with van der Waals surface area (Å²) in [5, 5.41) is 0. The Hall–Kier alpha value is -3.74. The number of nitrogens with zero attached hydrogens (tertiary/aromatic N) is 2. The lowest BCUT2D eigenvalue weighted by Crippen LogP contribution is -2.32. The number of allylic oxidation sites excluding steroid dienone is 2. The number of amides is 3. The van der Waals surface area contributed by atoms with E-state index < -0.39 is 11.9 Å². The molecule has 0 N–H and O–H groups in total. The number of imide groups is 1. The molecule has 7 heteroatoms. The maximum absolute atomic E-state index is 13.1. The number of esters is 1. The topological polar surface area (TPSA) is 84.0 Å². The maximum Gasteiger partial charge on any atom is 0.316 e. The van der Waals surface area contributed by atoms with Crippen LogP contribution in [0.5, 0.6) is 5.75 Å².